The number of rotatable bonds is 4. The minimum Gasteiger partial charge on any atom is -0.488 e. The topological polar surface area (TPSA) is 59.1 Å². The summed E-state index contributed by atoms with van der Waals surface area (Å²) in [7, 11) is 0. The van der Waals surface area contributed by atoms with Crippen LogP contribution in [-0.4, -0.2) is 5.84 Å². The molecule has 0 aliphatic heterocycles. The fourth-order valence-corrected chi connectivity index (χ4v) is 1.96. The maximum atomic E-state index is 13.6. The van der Waals surface area contributed by atoms with Crippen molar-refractivity contribution in [3.63, 3.8) is 0 Å². The lowest BCUT2D eigenvalue weighted by molar-refractivity contribution is 0.298. The number of benzene rings is 2. The van der Waals surface area contributed by atoms with Gasteiger partial charge in [0.15, 0.2) is 0 Å². The quantitative estimate of drug-likeness (QED) is 0.667. The Labute approximate surface area is 121 Å². The first-order valence-corrected chi connectivity index (χ1v) is 6.37. The third kappa shape index (κ3) is 3.08. The molecule has 2 aromatic carbocycles. The number of nitrogen functional groups attached to an aromatic ring is 1. The van der Waals surface area contributed by atoms with Crippen LogP contribution in [-0.2, 0) is 6.61 Å². The number of hydrogen-bond donors (Lipinski definition) is 2. The van der Waals surface area contributed by atoms with Crippen molar-refractivity contribution in [1.29, 1.82) is 5.41 Å². The number of halogens is 2. The highest BCUT2D eigenvalue weighted by atomic mass is 35.5. The molecule has 0 saturated carbocycles. The van der Waals surface area contributed by atoms with Gasteiger partial charge in [-0.1, -0.05) is 29.8 Å². The van der Waals surface area contributed by atoms with Crippen molar-refractivity contribution in [2.75, 3.05) is 0 Å². The zero-order valence-corrected chi connectivity index (χ0v) is 11.7. The van der Waals surface area contributed by atoms with Crippen LogP contribution in [0.1, 0.15) is 16.7 Å². The Hall–Kier alpha value is -2.07. The van der Waals surface area contributed by atoms with E-state index in [9.17, 15) is 4.39 Å². The molecule has 0 spiro atoms. The maximum absolute atomic E-state index is 13.6. The SMILES string of the molecule is Cc1ccc(C(=N)N)cc1OCc1c(F)cccc1Cl. The van der Waals surface area contributed by atoms with Crippen LogP contribution in [0.2, 0.25) is 5.02 Å². The van der Waals surface area contributed by atoms with Gasteiger partial charge in [0.25, 0.3) is 0 Å². The molecule has 0 radical (unpaired) electrons. The van der Waals surface area contributed by atoms with Crippen molar-refractivity contribution in [2.24, 2.45) is 5.73 Å². The van der Waals surface area contributed by atoms with Crippen LogP contribution < -0.4 is 10.5 Å². The van der Waals surface area contributed by atoms with Crippen molar-refractivity contribution >= 4 is 17.4 Å². The second-order valence-electron chi connectivity index (χ2n) is 4.38. The van der Waals surface area contributed by atoms with E-state index in [-0.39, 0.29) is 12.4 Å². The molecule has 0 aliphatic carbocycles. The van der Waals surface area contributed by atoms with E-state index in [0.717, 1.165) is 5.56 Å². The Kier molecular flexibility index (Phi) is 4.25. The number of aryl methyl sites for hydroxylation is 1. The minimum absolute atomic E-state index is 0.0215. The van der Waals surface area contributed by atoms with Gasteiger partial charge in [-0.2, -0.15) is 0 Å². The second-order valence-corrected chi connectivity index (χ2v) is 4.79. The average molecular weight is 293 g/mol. The molecule has 2 aromatic rings. The summed E-state index contributed by atoms with van der Waals surface area (Å²) in [5, 5.41) is 7.73. The molecule has 0 atom stereocenters. The third-order valence-electron chi connectivity index (χ3n) is 2.93. The molecule has 20 heavy (non-hydrogen) atoms. The van der Waals surface area contributed by atoms with Gasteiger partial charge < -0.3 is 10.5 Å². The summed E-state index contributed by atoms with van der Waals surface area (Å²) in [5.74, 6) is 0.105. The lowest BCUT2D eigenvalue weighted by Gasteiger charge is -2.12. The van der Waals surface area contributed by atoms with Crippen molar-refractivity contribution in [1.82, 2.24) is 0 Å². The molecule has 0 aromatic heterocycles. The first-order chi connectivity index (χ1) is 9.49. The van der Waals surface area contributed by atoms with Gasteiger partial charge in [0, 0.05) is 11.1 Å². The molecule has 0 heterocycles. The summed E-state index contributed by atoms with van der Waals surface area (Å²) in [6, 6.07) is 9.69. The van der Waals surface area contributed by atoms with Crippen LogP contribution in [0.15, 0.2) is 36.4 Å². The van der Waals surface area contributed by atoms with Gasteiger partial charge in [-0.3, -0.25) is 5.41 Å². The van der Waals surface area contributed by atoms with Crippen LogP contribution >= 0.6 is 11.6 Å². The fourth-order valence-electron chi connectivity index (χ4n) is 1.74. The van der Waals surface area contributed by atoms with E-state index in [1.54, 1.807) is 30.3 Å². The molecule has 104 valence electrons. The summed E-state index contributed by atoms with van der Waals surface area (Å²) in [6.45, 7) is 1.88. The van der Waals surface area contributed by atoms with E-state index >= 15 is 0 Å². The Balaban J connectivity index is 2.23. The molecule has 0 saturated heterocycles. The highest BCUT2D eigenvalue weighted by Crippen LogP contribution is 2.24. The van der Waals surface area contributed by atoms with Crippen molar-refractivity contribution < 1.29 is 9.13 Å². The minimum atomic E-state index is -0.405. The van der Waals surface area contributed by atoms with E-state index in [1.807, 2.05) is 6.92 Å². The van der Waals surface area contributed by atoms with E-state index in [0.29, 0.717) is 21.9 Å². The number of ether oxygens (including phenoxy) is 1. The molecule has 3 N–H and O–H groups in total. The molecule has 0 fully saturated rings. The monoisotopic (exact) mass is 292 g/mol. The maximum Gasteiger partial charge on any atom is 0.131 e. The normalized spacial score (nSPS) is 10.3. The van der Waals surface area contributed by atoms with Gasteiger partial charge in [0.05, 0.1) is 5.02 Å². The predicted molar refractivity (Wildman–Crippen MR) is 77.9 cm³/mol. The first kappa shape index (κ1) is 14.3. The van der Waals surface area contributed by atoms with Crippen LogP contribution in [0.5, 0.6) is 5.75 Å². The zero-order valence-electron chi connectivity index (χ0n) is 10.9. The summed E-state index contributed by atoms with van der Waals surface area (Å²) >= 11 is 5.94. The molecule has 0 aliphatic rings. The Bertz CT molecular complexity index is 638. The molecular weight excluding hydrogens is 279 g/mol. The molecule has 2 rings (SSSR count). The van der Waals surface area contributed by atoms with E-state index in [4.69, 9.17) is 27.5 Å². The number of amidine groups is 1. The largest absolute Gasteiger partial charge is 0.488 e. The van der Waals surface area contributed by atoms with Gasteiger partial charge in [-0.25, -0.2) is 4.39 Å². The average Bonchev–Trinajstić information content (AvgIpc) is 2.39. The Morgan fingerprint density at radius 2 is 2.10 bits per heavy atom. The van der Waals surface area contributed by atoms with Gasteiger partial charge in [0.2, 0.25) is 0 Å². The molecular formula is C15H14ClFN2O. The Morgan fingerprint density at radius 1 is 1.35 bits per heavy atom. The smallest absolute Gasteiger partial charge is 0.131 e. The summed E-state index contributed by atoms with van der Waals surface area (Å²) < 4.78 is 19.2. The second kappa shape index (κ2) is 5.92. The highest BCUT2D eigenvalue weighted by Gasteiger charge is 2.09. The van der Waals surface area contributed by atoms with Crippen molar-refractivity contribution in [2.45, 2.75) is 13.5 Å². The van der Waals surface area contributed by atoms with Gasteiger partial charge in [-0.15, -0.1) is 0 Å². The van der Waals surface area contributed by atoms with Crippen LogP contribution in [0.4, 0.5) is 4.39 Å². The zero-order chi connectivity index (χ0) is 14.7. The number of nitrogens with two attached hydrogens (primary N) is 1. The van der Waals surface area contributed by atoms with Crippen LogP contribution in [0, 0.1) is 18.2 Å². The van der Waals surface area contributed by atoms with Crippen LogP contribution in [0.25, 0.3) is 0 Å². The molecule has 0 bridgehead atoms. The number of nitrogens with one attached hydrogen (secondary N) is 1. The summed E-state index contributed by atoms with van der Waals surface area (Å²) in [6.07, 6.45) is 0. The fraction of sp³-hybridized carbons (Fsp3) is 0.133. The van der Waals surface area contributed by atoms with E-state index in [2.05, 4.69) is 0 Å². The summed E-state index contributed by atoms with van der Waals surface area (Å²) in [4.78, 5) is 0. The third-order valence-corrected chi connectivity index (χ3v) is 3.29. The lowest BCUT2D eigenvalue weighted by atomic mass is 10.1. The molecule has 0 amide bonds. The highest BCUT2D eigenvalue weighted by molar-refractivity contribution is 6.31. The van der Waals surface area contributed by atoms with Crippen molar-refractivity contribution in [3.05, 3.63) is 63.9 Å². The van der Waals surface area contributed by atoms with Gasteiger partial charge in [-0.05, 0) is 30.7 Å². The van der Waals surface area contributed by atoms with Gasteiger partial charge >= 0.3 is 0 Å². The predicted octanol–water partition coefficient (Wildman–Crippen LogP) is 3.65. The first-order valence-electron chi connectivity index (χ1n) is 6.00. The van der Waals surface area contributed by atoms with Crippen LogP contribution in [0.3, 0.4) is 0 Å². The standard InChI is InChI=1S/C15H14ClFN2O/c1-9-5-6-10(15(18)19)7-14(9)20-8-11-12(16)3-2-4-13(11)17/h2-7H,8H2,1H3,(H3,18,19). The van der Waals surface area contributed by atoms with Crippen molar-refractivity contribution in [3.8, 4) is 5.75 Å². The lowest BCUT2D eigenvalue weighted by Crippen LogP contribution is -2.11. The molecule has 0 unspecified atom stereocenters. The number of hydrogen-bond acceptors (Lipinski definition) is 2. The molecule has 5 heteroatoms. The Morgan fingerprint density at radius 3 is 2.75 bits per heavy atom. The summed E-state index contributed by atoms with van der Waals surface area (Å²) in [5.41, 5.74) is 7.18. The van der Waals surface area contributed by atoms with E-state index in [1.165, 1.54) is 6.07 Å². The van der Waals surface area contributed by atoms with E-state index < -0.39 is 5.82 Å². The molecule has 3 nitrogen and oxygen atoms in total. The van der Waals surface area contributed by atoms with Gasteiger partial charge in [0.1, 0.15) is 24.0 Å².